The number of nitrogens with zero attached hydrogens (tertiary/aromatic N) is 2. The van der Waals surface area contributed by atoms with Crippen LogP contribution in [0.25, 0.3) is 10.9 Å². The van der Waals surface area contributed by atoms with Gasteiger partial charge in [-0.2, -0.15) is 0 Å². The second-order valence-corrected chi connectivity index (χ2v) is 8.28. The van der Waals surface area contributed by atoms with Crippen molar-refractivity contribution in [3.63, 3.8) is 0 Å². The summed E-state index contributed by atoms with van der Waals surface area (Å²) >= 11 is 0. The third-order valence-corrected chi connectivity index (χ3v) is 6.21. The molecule has 6 nitrogen and oxygen atoms in total. The minimum atomic E-state index is -0.221. The molecule has 0 aliphatic carbocycles. The van der Waals surface area contributed by atoms with Crippen LogP contribution in [0.15, 0.2) is 71.5 Å². The second kappa shape index (κ2) is 9.03. The van der Waals surface area contributed by atoms with Crippen molar-refractivity contribution in [1.29, 1.82) is 0 Å². The van der Waals surface area contributed by atoms with E-state index in [9.17, 15) is 14.0 Å². The van der Waals surface area contributed by atoms with E-state index in [1.165, 1.54) is 18.4 Å². The van der Waals surface area contributed by atoms with E-state index in [4.69, 9.17) is 4.42 Å². The molecular formula is C26H24FN3O3. The molecule has 0 spiro atoms. The number of furan rings is 1. The number of piperazine rings is 1. The molecular weight excluding hydrogens is 421 g/mol. The van der Waals surface area contributed by atoms with Crippen LogP contribution >= 0.6 is 0 Å². The van der Waals surface area contributed by atoms with Gasteiger partial charge < -0.3 is 14.3 Å². The first kappa shape index (κ1) is 21.2. The maximum atomic E-state index is 13.2. The molecule has 4 aromatic rings. The molecule has 5 rings (SSSR count). The number of aromatic nitrogens is 1. The van der Waals surface area contributed by atoms with Gasteiger partial charge in [-0.25, -0.2) is 4.39 Å². The Morgan fingerprint density at radius 2 is 1.79 bits per heavy atom. The Labute approximate surface area is 190 Å². The summed E-state index contributed by atoms with van der Waals surface area (Å²) in [7, 11) is 0. The van der Waals surface area contributed by atoms with Gasteiger partial charge in [-0.05, 0) is 54.4 Å². The standard InChI is InChI=1S/C26H24FN3O3/c27-20-6-3-18(4-7-20)9-10-29-11-13-30(14-12-29)26(32)19-5-8-23-21(16-19)22(17-28-23)25(31)24-2-1-15-33-24/h1-8,15-17,28H,9-14H2. The molecule has 2 aromatic carbocycles. The Kier molecular flexibility index (Phi) is 5.79. The van der Waals surface area contributed by atoms with Crippen molar-refractivity contribution >= 4 is 22.6 Å². The Hall–Kier alpha value is -3.71. The van der Waals surface area contributed by atoms with Gasteiger partial charge in [0.2, 0.25) is 5.78 Å². The summed E-state index contributed by atoms with van der Waals surface area (Å²) < 4.78 is 18.3. The molecule has 1 saturated heterocycles. The van der Waals surface area contributed by atoms with Crippen molar-refractivity contribution in [2.45, 2.75) is 6.42 Å². The van der Waals surface area contributed by atoms with Crippen LogP contribution < -0.4 is 0 Å². The summed E-state index contributed by atoms with van der Waals surface area (Å²) in [5.41, 5.74) is 2.96. The maximum absolute atomic E-state index is 13.2. The van der Waals surface area contributed by atoms with Crippen LogP contribution in [0.2, 0.25) is 0 Å². The lowest BCUT2D eigenvalue weighted by atomic mass is 10.0. The number of rotatable bonds is 6. The van der Waals surface area contributed by atoms with Crippen molar-refractivity contribution in [3.8, 4) is 0 Å². The van der Waals surface area contributed by atoms with Crippen LogP contribution in [-0.4, -0.2) is 59.2 Å². The van der Waals surface area contributed by atoms with E-state index in [1.54, 1.807) is 30.5 Å². The van der Waals surface area contributed by atoms with Crippen LogP contribution in [0.3, 0.4) is 0 Å². The zero-order valence-electron chi connectivity index (χ0n) is 18.1. The number of benzene rings is 2. The summed E-state index contributed by atoms with van der Waals surface area (Å²) in [5.74, 6) is -0.205. The second-order valence-electron chi connectivity index (χ2n) is 8.28. The summed E-state index contributed by atoms with van der Waals surface area (Å²) in [4.78, 5) is 33.2. The van der Waals surface area contributed by atoms with E-state index in [0.717, 1.165) is 37.1 Å². The molecule has 1 fully saturated rings. The monoisotopic (exact) mass is 445 g/mol. The van der Waals surface area contributed by atoms with Crippen LogP contribution in [0.1, 0.15) is 32.0 Å². The zero-order chi connectivity index (χ0) is 22.8. The van der Waals surface area contributed by atoms with Crippen molar-refractivity contribution in [2.75, 3.05) is 32.7 Å². The molecule has 0 saturated carbocycles. The van der Waals surface area contributed by atoms with E-state index >= 15 is 0 Å². The Morgan fingerprint density at radius 1 is 1.00 bits per heavy atom. The van der Waals surface area contributed by atoms with Gasteiger partial charge in [-0.15, -0.1) is 0 Å². The molecule has 0 radical (unpaired) electrons. The topological polar surface area (TPSA) is 69.5 Å². The molecule has 3 heterocycles. The maximum Gasteiger partial charge on any atom is 0.253 e. The Balaban J connectivity index is 1.23. The number of hydrogen-bond acceptors (Lipinski definition) is 4. The largest absolute Gasteiger partial charge is 0.461 e. The highest BCUT2D eigenvalue weighted by Crippen LogP contribution is 2.24. The normalized spacial score (nSPS) is 14.6. The van der Waals surface area contributed by atoms with E-state index in [1.807, 2.05) is 23.1 Å². The quantitative estimate of drug-likeness (QED) is 0.453. The fraction of sp³-hybridized carbons (Fsp3) is 0.231. The van der Waals surface area contributed by atoms with Gasteiger partial charge >= 0.3 is 0 Å². The van der Waals surface area contributed by atoms with Crippen molar-refractivity contribution in [1.82, 2.24) is 14.8 Å². The average molecular weight is 445 g/mol. The number of nitrogens with one attached hydrogen (secondary N) is 1. The van der Waals surface area contributed by atoms with Gasteiger partial charge in [0.05, 0.1) is 11.8 Å². The Morgan fingerprint density at radius 3 is 2.52 bits per heavy atom. The Bertz CT molecular complexity index is 1270. The lowest BCUT2D eigenvalue weighted by Gasteiger charge is -2.34. The number of halogens is 1. The molecule has 2 aromatic heterocycles. The number of H-pyrrole nitrogens is 1. The van der Waals surface area contributed by atoms with E-state index < -0.39 is 0 Å². The molecule has 0 bridgehead atoms. The summed E-state index contributed by atoms with van der Waals surface area (Å²) in [6.07, 6.45) is 3.98. The number of carbonyl (C=O) groups excluding carboxylic acids is 2. The molecule has 1 aliphatic heterocycles. The first-order valence-corrected chi connectivity index (χ1v) is 11.0. The predicted octanol–water partition coefficient (Wildman–Crippen LogP) is 4.13. The van der Waals surface area contributed by atoms with Gasteiger partial charge in [0.25, 0.3) is 5.91 Å². The third kappa shape index (κ3) is 4.45. The van der Waals surface area contributed by atoms with Gasteiger partial charge in [0.1, 0.15) is 5.82 Å². The minimum absolute atomic E-state index is 0.0346. The summed E-state index contributed by atoms with van der Waals surface area (Å²) in [5, 5.41) is 0.709. The molecule has 33 heavy (non-hydrogen) atoms. The van der Waals surface area contributed by atoms with Crippen LogP contribution in [0.4, 0.5) is 4.39 Å². The number of carbonyl (C=O) groups is 2. The van der Waals surface area contributed by atoms with E-state index in [-0.39, 0.29) is 23.3 Å². The summed E-state index contributed by atoms with van der Waals surface area (Å²) in [6, 6.07) is 15.3. The average Bonchev–Trinajstić information content (AvgIpc) is 3.53. The van der Waals surface area contributed by atoms with Gasteiger partial charge in [0.15, 0.2) is 5.76 Å². The molecule has 0 unspecified atom stereocenters. The minimum Gasteiger partial charge on any atom is -0.461 e. The fourth-order valence-corrected chi connectivity index (χ4v) is 4.28. The van der Waals surface area contributed by atoms with E-state index in [0.29, 0.717) is 29.6 Å². The van der Waals surface area contributed by atoms with Crippen molar-refractivity contribution < 1.29 is 18.4 Å². The predicted molar refractivity (Wildman–Crippen MR) is 123 cm³/mol. The van der Waals surface area contributed by atoms with Gasteiger partial charge in [-0.1, -0.05) is 12.1 Å². The highest BCUT2D eigenvalue weighted by molar-refractivity contribution is 6.15. The zero-order valence-corrected chi connectivity index (χ0v) is 18.1. The number of aromatic amines is 1. The van der Waals surface area contributed by atoms with Gasteiger partial charge in [0, 0.05) is 55.4 Å². The number of amides is 1. The molecule has 1 amide bonds. The molecule has 168 valence electrons. The number of hydrogen-bond donors (Lipinski definition) is 1. The SMILES string of the molecule is O=C(c1ccco1)c1c[nH]c2ccc(C(=O)N3CCN(CCc4ccc(F)cc4)CC3)cc12. The lowest BCUT2D eigenvalue weighted by Crippen LogP contribution is -2.49. The smallest absolute Gasteiger partial charge is 0.253 e. The fourth-order valence-electron chi connectivity index (χ4n) is 4.28. The molecule has 7 heteroatoms. The summed E-state index contributed by atoms with van der Waals surface area (Å²) in [6.45, 7) is 3.75. The molecule has 0 atom stereocenters. The van der Waals surface area contributed by atoms with Crippen molar-refractivity contribution in [3.05, 3.63) is 95.3 Å². The molecule has 1 N–H and O–H groups in total. The first-order valence-electron chi connectivity index (χ1n) is 11.0. The first-order chi connectivity index (χ1) is 16.1. The highest BCUT2D eigenvalue weighted by atomic mass is 19.1. The third-order valence-electron chi connectivity index (χ3n) is 6.21. The lowest BCUT2D eigenvalue weighted by molar-refractivity contribution is 0.0638. The van der Waals surface area contributed by atoms with Gasteiger partial charge in [-0.3, -0.25) is 14.5 Å². The molecule has 1 aliphatic rings. The van der Waals surface area contributed by atoms with Crippen LogP contribution in [-0.2, 0) is 6.42 Å². The van der Waals surface area contributed by atoms with E-state index in [2.05, 4.69) is 9.88 Å². The number of fused-ring (bicyclic) bond motifs is 1. The highest BCUT2D eigenvalue weighted by Gasteiger charge is 2.23. The number of ketones is 1. The van der Waals surface area contributed by atoms with Crippen LogP contribution in [0, 0.1) is 5.82 Å². The van der Waals surface area contributed by atoms with Crippen molar-refractivity contribution in [2.24, 2.45) is 0 Å². The van der Waals surface area contributed by atoms with Crippen LogP contribution in [0.5, 0.6) is 0 Å².